The van der Waals surface area contributed by atoms with Gasteiger partial charge in [-0.25, -0.2) is 4.79 Å². The highest BCUT2D eigenvalue weighted by molar-refractivity contribution is 6.05. The largest absolute Gasteiger partial charge is 0.383 e. The molecule has 176 valence electrons. The average molecular weight is 467 g/mol. The molecule has 4 rings (SSSR count). The molecular formula is C28H26N4O3. The Morgan fingerprint density at radius 1 is 0.914 bits per heavy atom. The van der Waals surface area contributed by atoms with E-state index in [1.165, 1.54) is 15.5 Å². The maximum atomic E-state index is 13.4. The Bertz CT molecular complexity index is 1470. The number of rotatable bonds is 7. The van der Waals surface area contributed by atoms with Gasteiger partial charge in [0, 0.05) is 6.08 Å². The molecular weight excluding hydrogens is 440 g/mol. The number of nitrogens with two attached hydrogens (primary N) is 1. The van der Waals surface area contributed by atoms with Crippen molar-refractivity contribution < 1.29 is 4.79 Å². The van der Waals surface area contributed by atoms with Crippen molar-refractivity contribution in [3.63, 3.8) is 0 Å². The van der Waals surface area contributed by atoms with Crippen molar-refractivity contribution in [2.75, 3.05) is 10.6 Å². The Morgan fingerprint density at radius 3 is 2.17 bits per heavy atom. The van der Waals surface area contributed by atoms with Crippen LogP contribution in [0, 0.1) is 6.92 Å². The third-order valence-electron chi connectivity index (χ3n) is 5.71. The van der Waals surface area contributed by atoms with Gasteiger partial charge in [-0.2, -0.15) is 0 Å². The minimum absolute atomic E-state index is 0.0659. The first-order valence-electron chi connectivity index (χ1n) is 11.2. The van der Waals surface area contributed by atoms with Crippen molar-refractivity contribution >= 4 is 23.5 Å². The maximum Gasteiger partial charge on any atom is 0.330 e. The van der Waals surface area contributed by atoms with Crippen LogP contribution in [-0.4, -0.2) is 15.5 Å². The molecule has 1 aromatic heterocycles. The van der Waals surface area contributed by atoms with Gasteiger partial charge in [-0.3, -0.25) is 24.0 Å². The number of anilines is 2. The fourth-order valence-corrected chi connectivity index (χ4v) is 3.82. The Hall–Kier alpha value is -4.65. The lowest BCUT2D eigenvalue weighted by Gasteiger charge is -2.23. The van der Waals surface area contributed by atoms with Gasteiger partial charge in [0.15, 0.2) is 5.69 Å². The molecule has 1 heterocycles. The van der Waals surface area contributed by atoms with E-state index in [-0.39, 0.29) is 24.6 Å². The van der Waals surface area contributed by atoms with Crippen molar-refractivity contribution in [2.24, 2.45) is 0 Å². The van der Waals surface area contributed by atoms with E-state index in [9.17, 15) is 14.4 Å². The molecule has 1 amide bonds. The number of amides is 1. The third kappa shape index (κ3) is 5.47. The number of nitrogens with zero attached hydrogens (tertiary/aromatic N) is 2. The van der Waals surface area contributed by atoms with Crippen LogP contribution in [0.15, 0.2) is 101 Å². The first-order valence-corrected chi connectivity index (χ1v) is 11.2. The summed E-state index contributed by atoms with van der Waals surface area (Å²) in [6.07, 6.45) is 3.12. The first-order chi connectivity index (χ1) is 16.9. The van der Waals surface area contributed by atoms with Crippen LogP contribution in [0.1, 0.15) is 22.3 Å². The lowest BCUT2D eigenvalue weighted by Crippen LogP contribution is -2.40. The molecule has 35 heavy (non-hydrogen) atoms. The lowest BCUT2D eigenvalue weighted by atomic mass is 10.1. The molecule has 0 fully saturated rings. The van der Waals surface area contributed by atoms with E-state index in [1.807, 2.05) is 91.9 Å². The topological polar surface area (TPSA) is 101 Å². The number of hydrogen-bond donors (Lipinski definition) is 2. The van der Waals surface area contributed by atoms with Crippen molar-refractivity contribution in [3.05, 3.63) is 134 Å². The Kier molecular flexibility index (Phi) is 7.07. The predicted octanol–water partition coefficient (Wildman–Crippen LogP) is 3.72. The molecule has 0 saturated carbocycles. The summed E-state index contributed by atoms with van der Waals surface area (Å²) in [5.41, 5.74) is 8.50. The molecule has 0 aliphatic rings. The molecule has 7 heteroatoms. The molecule has 7 nitrogen and oxygen atoms in total. The van der Waals surface area contributed by atoms with Crippen LogP contribution >= 0.6 is 0 Å². The van der Waals surface area contributed by atoms with Crippen LogP contribution in [0.25, 0.3) is 6.08 Å². The molecule has 0 atom stereocenters. The third-order valence-corrected chi connectivity index (χ3v) is 5.71. The summed E-state index contributed by atoms with van der Waals surface area (Å²) in [5.74, 6) is -0.504. The first kappa shape index (κ1) is 23.5. The highest BCUT2D eigenvalue weighted by atomic mass is 16.2. The van der Waals surface area contributed by atoms with Crippen LogP contribution in [0.3, 0.4) is 0 Å². The van der Waals surface area contributed by atoms with Gasteiger partial charge in [0.1, 0.15) is 5.82 Å². The minimum Gasteiger partial charge on any atom is -0.383 e. The van der Waals surface area contributed by atoms with Gasteiger partial charge in [-0.05, 0) is 35.3 Å². The highest BCUT2D eigenvalue weighted by Gasteiger charge is 2.23. The van der Waals surface area contributed by atoms with E-state index in [0.717, 1.165) is 22.3 Å². The lowest BCUT2D eigenvalue weighted by molar-refractivity contribution is -0.114. The summed E-state index contributed by atoms with van der Waals surface area (Å²) in [7, 11) is 0. The van der Waals surface area contributed by atoms with Gasteiger partial charge in [0.05, 0.1) is 13.1 Å². The molecule has 0 aliphatic heterocycles. The second kappa shape index (κ2) is 10.5. The number of carbonyl (C=O) groups excluding carboxylic acids is 1. The van der Waals surface area contributed by atoms with E-state index in [1.54, 1.807) is 6.08 Å². The van der Waals surface area contributed by atoms with E-state index < -0.39 is 17.2 Å². The highest BCUT2D eigenvalue weighted by Crippen LogP contribution is 2.21. The van der Waals surface area contributed by atoms with Crippen molar-refractivity contribution in [1.82, 2.24) is 9.55 Å². The van der Waals surface area contributed by atoms with E-state index in [0.29, 0.717) is 0 Å². The Labute approximate surface area is 202 Å². The number of nitrogens with one attached hydrogen (secondary N) is 1. The second-order valence-corrected chi connectivity index (χ2v) is 8.16. The van der Waals surface area contributed by atoms with Gasteiger partial charge in [-0.1, -0.05) is 84.9 Å². The fraction of sp³-hybridized carbons (Fsp3) is 0.107. The van der Waals surface area contributed by atoms with Gasteiger partial charge < -0.3 is 5.73 Å². The molecule has 0 unspecified atom stereocenters. The van der Waals surface area contributed by atoms with Crippen LogP contribution < -0.4 is 21.9 Å². The van der Waals surface area contributed by atoms with Crippen LogP contribution in [0.4, 0.5) is 11.5 Å². The number of aromatic amines is 1. The zero-order valence-electron chi connectivity index (χ0n) is 19.3. The van der Waals surface area contributed by atoms with Gasteiger partial charge in [-0.15, -0.1) is 0 Å². The summed E-state index contributed by atoms with van der Waals surface area (Å²) in [4.78, 5) is 42.7. The maximum absolute atomic E-state index is 13.4. The standard InChI is InChI=1S/C28H26N4O3/c1-20-10-8-9-15-23(20)16-17-24(33)31(18-21-11-4-2-5-12-21)25-26(29)32(28(35)30-27(25)34)19-22-13-6-3-7-14-22/h2-17H,18-19,29H2,1H3,(H,30,34,35). The molecule has 0 bridgehead atoms. The number of benzene rings is 3. The van der Waals surface area contributed by atoms with Crippen molar-refractivity contribution in [1.29, 1.82) is 0 Å². The normalized spacial score (nSPS) is 11.0. The van der Waals surface area contributed by atoms with Crippen molar-refractivity contribution in [2.45, 2.75) is 20.0 Å². The van der Waals surface area contributed by atoms with E-state index in [4.69, 9.17) is 5.73 Å². The van der Waals surface area contributed by atoms with Gasteiger partial charge >= 0.3 is 5.69 Å². The number of carbonyl (C=O) groups is 1. The molecule has 4 aromatic rings. The molecule has 0 radical (unpaired) electrons. The average Bonchev–Trinajstić information content (AvgIpc) is 2.86. The Morgan fingerprint density at radius 2 is 1.51 bits per heavy atom. The zero-order valence-corrected chi connectivity index (χ0v) is 19.3. The van der Waals surface area contributed by atoms with Gasteiger partial charge in [0.2, 0.25) is 0 Å². The number of aromatic nitrogens is 2. The Balaban J connectivity index is 1.79. The summed E-state index contributed by atoms with van der Waals surface area (Å²) in [5, 5.41) is 0. The molecule has 0 spiro atoms. The molecule has 3 aromatic carbocycles. The summed E-state index contributed by atoms with van der Waals surface area (Å²) < 4.78 is 1.27. The van der Waals surface area contributed by atoms with E-state index in [2.05, 4.69) is 4.98 Å². The minimum atomic E-state index is -0.717. The number of H-pyrrole nitrogens is 1. The summed E-state index contributed by atoms with van der Waals surface area (Å²) in [6.45, 7) is 2.21. The van der Waals surface area contributed by atoms with Crippen LogP contribution in [-0.2, 0) is 17.9 Å². The van der Waals surface area contributed by atoms with Crippen LogP contribution in [0.2, 0.25) is 0 Å². The fourth-order valence-electron chi connectivity index (χ4n) is 3.82. The quantitative estimate of drug-likeness (QED) is 0.405. The molecule has 0 saturated heterocycles. The molecule has 3 N–H and O–H groups in total. The van der Waals surface area contributed by atoms with Gasteiger partial charge in [0.25, 0.3) is 11.5 Å². The smallest absolute Gasteiger partial charge is 0.330 e. The van der Waals surface area contributed by atoms with Crippen molar-refractivity contribution in [3.8, 4) is 0 Å². The van der Waals surface area contributed by atoms with Crippen LogP contribution in [0.5, 0.6) is 0 Å². The number of nitrogen functional groups attached to an aromatic ring is 1. The second-order valence-electron chi connectivity index (χ2n) is 8.16. The zero-order chi connectivity index (χ0) is 24.8. The SMILES string of the molecule is Cc1ccccc1C=CC(=O)N(Cc1ccccc1)c1c(N)n(Cc2ccccc2)c(=O)[nH]c1=O. The number of aryl methyl sites for hydroxylation is 1. The predicted molar refractivity (Wildman–Crippen MR) is 139 cm³/mol. The summed E-state index contributed by atoms with van der Waals surface area (Å²) >= 11 is 0. The van der Waals surface area contributed by atoms with E-state index >= 15 is 0 Å². The monoisotopic (exact) mass is 466 g/mol. The molecule has 0 aliphatic carbocycles. The summed E-state index contributed by atoms with van der Waals surface area (Å²) in [6, 6.07) is 26.2. The number of hydrogen-bond acceptors (Lipinski definition) is 4.